The fourth-order valence-corrected chi connectivity index (χ4v) is 5.58. The molecule has 0 radical (unpaired) electrons. The molecule has 0 saturated carbocycles. The van der Waals surface area contributed by atoms with Crippen LogP contribution in [0.4, 0.5) is 5.69 Å². The van der Waals surface area contributed by atoms with Crippen LogP contribution in [0.1, 0.15) is 107 Å². The zero-order chi connectivity index (χ0) is 27.0. The van der Waals surface area contributed by atoms with E-state index in [4.69, 9.17) is 16.3 Å². The molecule has 0 unspecified atom stereocenters. The molecule has 1 aliphatic rings. The highest BCUT2D eigenvalue weighted by Gasteiger charge is 2.14. The van der Waals surface area contributed by atoms with Gasteiger partial charge < -0.3 is 15.0 Å². The molecule has 0 fully saturated rings. The van der Waals surface area contributed by atoms with Crippen LogP contribution in [-0.2, 0) is 6.54 Å². The van der Waals surface area contributed by atoms with Crippen LogP contribution in [0.3, 0.4) is 0 Å². The molecule has 7 heteroatoms. The number of benzene rings is 2. The van der Waals surface area contributed by atoms with Gasteiger partial charge in [-0.2, -0.15) is 0 Å². The van der Waals surface area contributed by atoms with E-state index in [0.29, 0.717) is 22.9 Å². The number of carbonyl (C=O) groups excluding carboxylic acids is 1. The van der Waals surface area contributed by atoms with Crippen LogP contribution in [0, 0.1) is 0 Å². The zero-order valence-corrected chi connectivity index (χ0v) is 27.0. The summed E-state index contributed by atoms with van der Waals surface area (Å²) in [6, 6.07) is 13.3. The normalized spacial score (nSPS) is 12.7. The first-order valence-electron chi connectivity index (χ1n) is 14.4. The molecule has 0 atom stereocenters. The molecule has 1 aliphatic heterocycles. The number of hydrogen-bond acceptors (Lipinski definition) is 4. The van der Waals surface area contributed by atoms with Gasteiger partial charge in [0.2, 0.25) is 0 Å². The highest BCUT2D eigenvalue weighted by molar-refractivity contribution is 8.93. The van der Waals surface area contributed by atoms with Gasteiger partial charge in [0.15, 0.2) is 0 Å². The maximum Gasteiger partial charge on any atom is 0.259 e. The van der Waals surface area contributed by atoms with Gasteiger partial charge in [-0.1, -0.05) is 101 Å². The van der Waals surface area contributed by atoms with Crippen LogP contribution in [0.2, 0.25) is 5.02 Å². The van der Waals surface area contributed by atoms with Gasteiger partial charge in [-0.05, 0) is 54.1 Å². The van der Waals surface area contributed by atoms with Crippen LogP contribution < -0.4 is 10.1 Å². The molecule has 0 bridgehead atoms. The van der Waals surface area contributed by atoms with E-state index >= 15 is 0 Å². The number of rotatable bonds is 18. The first-order chi connectivity index (χ1) is 18.5. The maximum atomic E-state index is 13.0. The van der Waals surface area contributed by atoms with Crippen molar-refractivity contribution in [1.29, 1.82) is 0 Å². The van der Waals surface area contributed by atoms with E-state index in [0.717, 1.165) is 31.0 Å². The second-order valence-corrected chi connectivity index (χ2v) is 11.9. The van der Waals surface area contributed by atoms with Gasteiger partial charge in [-0.15, -0.1) is 28.7 Å². The Morgan fingerprint density at radius 1 is 0.923 bits per heavy atom. The first-order valence-corrected chi connectivity index (χ1v) is 15.8. The standard InChI is InChI=1S/C32H45ClN2O2S.BrH/c1-3-4-5-6-7-8-9-10-11-12-13-14-21-37-31-22-28(33)17-20-30(31)32(36)34-29-18-15-27(16-19-29)24-35-23-26(2)38-25-35;/h15-20,22-23H,3-14,21,24-25H2,1-2H3,(H,34,36);1H. The molecule has 39 heavy (non-hydrogen) atoms. The van der Waals surface area contributed by atoms with Crippen molar-refractivity contribution in [2.24, 2.45) is 0 Å². The minimum absolute atomic E-state index is 0. The van der Waals surface area contributed by atoms with Crippen molar-refractivity contribution in [2.45, 2.75) is 97.4 Å². The highest BCUT2D eigenvalue weighted by atomic mass is 79.9. The molecule has 1 N–H and O–H groups in total. The molecule has 4 nitrogen and oxygen atoms in total. The lowest BCUT2D eigenvalue weighted by molar-refractivity contribution is 0.102. The molecule has 0 saturated heterocycles. The minimum Gasteiger partial charge on any atom is -0.493 e. The van der Waals surface area contributed by atoms with E-state index in [-0.39, 0.29) is 22.9 Å². The fourth-order valence-electron chi connectivity index (χ4n) is 4.66. The fraction of sp³-hybridized carbons (Fsp3) is 0.531. The number of amides is 1. The summed E-state index contributed by atoms with van der Waals surface area (Å²) in [7, 11) is 0. The van der Waals surface area contributed by atoms with E-state index < -0.39 is 0 Å². The number of ether oxygens (including phenoxy) is 1. The summed E-state index contributed by atoms with van der Waals surface area (Å²) in [5.41, 5.74) is 2.49. The van der Waals surface area contributed by atoms with Crippen molar-refractivity contribution in [3.05, 3.63) is 69.7 Å². The number of carbonyl (C=O) groups is 1. The van der Waals surface area contributed by atoms with Crippen molar-refractivity contribution >= 4 is 51.9 Å². The Hall–Kier alpha value is -1.63. The van der Waals surface area contributed by atoms with Gasteiger partial charge in [0.1, 0.15) is 5.75 Å². The first kappa shape index (κ1) is 33.6. The average molecular weight is 638 g/mol. The Balaban J connectivity index is 0.00000533. The molecular weight excluding hydrogens is 592 g/mol. The summed E-state index contributed by atoms with van der Waals surface area (Å²) in [5.74, 6) is 1.35. The van der Waals surface area contributed by atoms with E-state index in [9.17, 15) is 4.79 Å². The summed E-state index contributed by atoms with van der Waals surface area (Å²) < 4.78 is 6.01. The lowest BCUT2D eigenvalue weighted by Crippen LogP contribution is -2.15. The quantitative estimate of drug-likeness (QED) is 0.165. The van der Waals surface area contributed by atoms with E-state index in [1.54, 1.807) is 18.2 Å². The van der Waals surface area contributed by atoms with Gasteiger partial charge in [0, 0.05) is 23.5 Å². The van der Waals surface area contributed by atoms with Gasteiger partial charge >= 0.3 is 0 Å². The van der Waals surface area contributed by atoms with Crippen molar-refractivity contribution in [2.75, 3.05) is 17.8 Å². The summed E-state index contributed by atoms with van der Waals surface area (Å²) in [6.45, 7) is 5.86. The van der Waals surface area contributed by atoms with Crippen molar-refractivity contribution in [3.63, 3.8) is 0 Å². The monoisotopic (exact) mass is 636 g/mol. The lowest BCUT2D eigenvalue weighted by Gasteiger charge is -2.15. The number of nitrogens with zero attached hydrogens (tertiary/aromatic N) is 1. The van der Waals surface area contributed by atoms with Gasteiger partial charge in [0.05, 0.1) is 18.0 Å². The molecule has 0 aromatic heterocycles. The van der Waals surface area contributed by atoms with Crippen LogP contribution in [0.25, 0.3) is 0 Å². The lowest BCUT2D eigenvalue weighted by atomic mass is 10.1. The smallest absolute Gasteiger partial charge is 0.259 e. The van der Waals surface area contributed by atoms with Crippen molar-refractivity contribution in [3.8, 4) is 5.75 Å². The van der Waals surface area contributed by atoms with E-state index in [1.807, 2.05) is 23.9 Å². The third kappa shape index (κ3) is 13.1. The van der Waals surface area contributed by atoms with E-state index in [2.05, 4.69) is 42.4 Å². The molecule has 1 amide bonds. The molecule has 0 aliphatic carbocycles. The number of hydrogen-bond donors (Lipinski definition) is 1. The summed E-state index contributed by atoms with van der Waals surface area (Å²) >= 11 is 8.07. The van der Waals surface area contributed by atoms with Crippen LogP contribution in [0.5, 0.6) is 5.75 Å². The minimum atomic E-state index is -0.186. The molecule has 216 valence electrons. The van der Waals surface area contributed by atoms with Gasteiger partial charge in [-0.25, -0.2) is 0 Å². The number of unbranched alkanes of at least 4 members (excludes halogenated alkanes) is 11. The zero-order valence-electron chi connectivity index (χ0n) is 23.7. The number of anilines is 1. The predicted molar refractivity (Wildman–Crippen MR) is 175 cm³/mol. The Bertz CT molecular complexity index is 1020. The Labute approximate surface area is 256 Å². The van der Waals surface area contributed by atoms with Crippen molar-refractivity contribution < 1.29 is 9.53 Å². The number of allylic oxidation sites excluding steroid dienone is 1. The predicted octanol–water partition coefficient (Wildman–Crippen LogP) is 10.6. The third-order valence-corrected chi connectivity index (χ3v) is 8.12. The second-order valence-electron chi connectivity index (χ2n) is 10.3. The Kier molecular flexibility index (Phi) is 16.7. The molecule has 1 heterocycles. The number of halogens is 2. The van der Waals surface area contributed by atoms with Gasteiger partial charge in [0.25, 0.3) is 5.91 Å². The average Bonchev–Trinajstić information content (AvgIpc) is 3.32. The SMILES string of the molecule is Br.CCCCCCCCCCCCCCOc1cc(Cl)ccc1C(=O)Nc1ccc(CN2C=C(C)SC2)cc1. The van der Waals surface area contributed by atoms with Crippen LogP contribution in [-0.4, -0.2) is 23.3 Å². The summed E-state index contributed by atoms with van der Waals surface area (Å²) in [6.07, 6.45) is 17.8. The van der Waals surface area contributed by atoms with Gasteiger partial charge in [-0.3, -0.25) is 4.79 Å². The molecule has 3 rings (SSSR count). The van der Waals surface area contributed by atoms with Crippen LogP contribution in [0.15, 0.2) is 53.6 Å². The topological polar surface area (TPSA) is 41.6 Å². The number of nitrogens with one attached hydrogen (secondary N) is 1. The molecule has 2 aromatic carbocycles. The van der Waals surface area contributed by atoms with Crippen LogP contribution >= 0.6 is 40.3 Å². The Morgan fingerprint density at radius 2 is 1.54 bits per heavy atom. The maximum absolute atomic E-state index is 13.0. The van der Waals surface area contributed by atoms with Crippen molar-refractivity contribution in [1.82, 2.24) is 4.90 Å². The third-order valence-electron chi connectivity index (χ3n) is 6.86. The Morgan fingerprint density at radius 3 is 2.13 bits per heavy atom. The summed E-state index contributed by atoms with van der Waals surface area (Å²) in [4.78, 5) is 16.7. The molecule has 2 aromatic rings. The van der Waals surface area contributed by atoms with E-state index in [1.165, 1.54) is 74.7 Å². The molecular formula is C32H46BrClN2O2S. The highest BCUT2D eigenvalue weighted by Crippen LogP contribution is 2.27. The second kappa shape index (κ2) is 19.4. The largest absolute Gasteiger partial charge is 0.493 e. The molecule has 0 spiro atoms. The number of thioether (sulfide) groups is 1. The summed E-state index contributed by atoms with van der Waals surface area (Å²) in [5, 5.41) is 3.57.